The van der Waals surface area contributed by atoms with E-state index in [1.54, 1.807) is 24.3 Å². The van der Waals surface area contributed by atoms with Crippen LogP contribution in [-0.2, 0) is 0 Å². The van der Waals surface area contributed by atoms with Crippen LogP contribution in [0.4, 0.5) is 5.69 Å². The van der Waals surface area contributed by atoms with Crippen molar-refractivity contribution in [1.29, 1.82) is 0 Å². The van der Waals surface area contributed by atoms with E-state index in [0.717, 1.165) is 13.0 Å². The Balaban J connectivity index is 2.44. The molecule has 0 saturated carbocycles. The minimum Gasteiger partial charge on any atom is -0.352 e. The van der Waals surface area contributed by atoms with Crippen molar-refractivity contribution in [1.82, 2.24) is 10.2 Å². The summed E-state index contributed by atoms with van der Waals surface area (Å²) >= 11 is 0. The van der Waals surface area contributed by atoms with Gasteiger partial charge in [0, 0.05) is 22.7 Å². The van der Waals surface area contributed by atoms with Gasteiger partial charge in [0.15, 0.2) is 0 Å². The molecule has 0 atom stereocenters. The molecule has 0 spiro atoms. The maximum absolute atomic E-state index is 11.7. The lowest BCUT2D eigenvalue weighted by Gasteiger charge is -2.09. The van der Waals surface area contributed by atoms with Gasteiger partial charge in [0.2, 0.25) is 0 Å². The van der Waals surface area contributed by atoms with Crippen LogP contribution < -0.4 is 5.32 Å². The molecule has 6 nitrogen and oxygen atoms in total. The normalized spacial score (nSPS) is 9.94. The fourth-order valence-corrected chi connectivity index (χ4v) is 1.43. The molecule has 1 amide bonds. The molecule has 1 aromatic rings. The predicted molar refractivity (Wildman–Crippen MR) is 70.8 cm³/mol. The average Bonchev–Trinajstić information content (AvgIpc) is 2.35. The lowest BCUT2D eigenvalue weighted by atomic mass is 10.2. The number of carbonyl (C=O) groups excluding carboxylic acids is 1. The van der Waals surface area contributed by atoms with E-state index in [9.17, 15) is 4.79 Å². The maximum Gasteiger partial charge on any atom is 0.251 e. The van der Waals surface area contributed by atoms with Gasteiger partial charge in [-0.15, -0.1) is 0 Å². The largest absolute Gasteiger partial charge is 0.352 e. The van der Waals surface area contributed by atoms with E-state index in [1.807, 2.05) is 14.1 Å². The van der Waals surface area contributed by atoms with E-state index in [2.05, 4.69) is 20.2 Å². The van der Waals surface area contributed by atoms with Crippen LogP contribution in [0.15, 0.2) is 29.4 Å². The second kappa shape index (κ2) is 7.32. The molecule has 0 aliphatic rings. The highest BCUT2D eigenvalue weighted by Gasteiger charge is 2.03. The third-order valence-corrected chi connectivity index (χ3v) is 2.36. The number of nitrogens with one attached hydrogen (secondary N) is 1. The lowest BCUT2D eigenvalue weighted by molar-refractivity contribution is 0.0952. The van der Waals surface area contributed by atoms with Gasteiger partial charge >= 0.3 is 0 Å². The highest BCUT2D eigenvalue weighted by molar-refractivity contribution is 5.94. The molecule has 0 aliphatic carbocycles. The number of nitrogens with zero attached hydrogens (tertiary/aromatic N) is 4. The van der Waals surface area contributed by atoms with Crippen LogP contribution >= 0.6 is 0 Å². The summed E-state index contributed by atoms with van der Waals surface area (Å²) in [5.74, 6) is -0.110. The molecule has 1 N–H and O–H groups in total. The number of hydrogen-bond donors (Lipinski definition) is 1. The summed E-state index contributed by atoms with van der Waals surface area (Å²) in [5.41, 5.74) is 9.33. The van der Waals surface area contributed by atoms with Gasteiger partial charge in [0.05, 0.1) is 0 Å². The Morgan fingerprint density at radius 3 is 2.61 bits per heavy atom. The van der Waals surface area contributed by atoms with Crippen molar-refractivity contribution in [3.05, 3.63) is 40.3 Å². The molecule has 0 fully saturated rings. The van der Waals surface area contributed by atoms with E-state index < -0.39 is 0 Å². The van der Waals surface area contributed by atoms with Crippen molar-refractivity contribution in [3.63, 3.8) is 0 Å². The number of hydrogen-bond acceptors (Lipinski definition) is 3. The van der Waals surface area contributed by atoms with E-state index in [-0.39, 0.29) is 5.91 Å². The van der Waals surface area contributed by atoms with Crippen molar-refractivity contribution >= 4 is 11.6 Å². The highest BCUT2D eigenvalue weighted by atomic mass is 16.1. The summed E-state index contributed by atoms with van der Waals surface area (Å²) in [4.78, 5) is 16.5. The first-order valence-corrected chi connectivity index (χ1v) is 5.71. The first-order valence-electron chi connectivity index (χ1n) is 5.71. The van der Waals surface area contributed by atoms with Crippen LogP contribution in [0.3, 0.4) is 0 Å². The standard InChI is InChI=1S/C12H17N5O/c1-17(2)9-3-8-14-12(18)10-4-6-11(7-5-10)15-16-13/h4-7H,3,8-9H2,1-2H3,(H,14,18). The summed E-state index contributed by atoms with van der Waals surface area (Å²) < 4.78 is 0. The molecule has 1 aromatic carbocycles. The molecular formula is C12H17N5O. The minimum absolute atomic E-state index is 0.110. The molecule has 0 heterocycles. The number of rotatable bonds is 6. The Kier molecular flexibility index (Phi) is 5.70. The van der Waals surface area contributed by atoms with Gasteiger partial charge in [-0.1, -0.05) is 17.2 Å². The molecule has 0 unspecified atom stereocenters. The van der Waals surface area contributed by atoms with Gasteiger partial charge in [0.25, 0.3) is 5.91 Å². The van der Waals surface area contributed by atoms with Crippen LogP contribution in [0.2, 0.25) is 0 Å². The average molecular weight is 247 g/mol. The fourth-order valence-electron chi connectivity index (χ4n) is 1.43. The van der Waals surface area contributed by atoms with Gasteiger partial charge in [-0.25, -0.2) is 0 Å². The van der Waals surface area contributed by atoms with Crippen molar-refractivity contribution in [3.8, 4) is 0 Å². The van der Waals surface area contributed by atoms with Gasteiger partial charge < -0.3 is 10.2 Å². The SMILES string of the molecule is CN(C)CCCNC(=O)c1ccc(N=[N+]=[N-])cc1. The zero-order chi connectivity index (χ0) is 13.4. The Bertz CT molecular complexity index is 434. The van der Waals surface area contributed by atoms with Gasteiger partial charge in [-0.2, -0.15) is 0 Å². The number of carbonyl (C=O) groups is 1. The summed E-state index contributed by atoms with van der Waals surface area (Å²) in [6.07, 6.45) is 0.912. The zero-order valence-electron chi connectivity index (χ0n) is 10.6. The monoisotopic (exact) mass is 247 g/mol. The quantitative estimate of drug-likeness (QED) is 0.362. The molecule has 18 heavy (non-hydrogen) atoms. The molecule has 1 rings (SSSR count). The Morgan fingerprint density at radius 2 is 2.06 bits per heavy atom. The third kappa shape index (κ3) is 4.86. The highest BCUT2D eigenvalue weighted by Crippen LogP contribution is 2.12. The molecule has 6 heteroatoms. The van der Waals surface area contributed by atoms with E-state index in [4.69, 9.17) is 5.53 Å². The van der Waals surface area contributed by atoms with Crippen LogP contribution in [0.5, 0.6) is 0 Å². The van der Waals surface area contributed by atoms with Crippen LogP contribution in [0.1, 0.15) is 16.8 Å². The van der Waals surface area contributed by atoms with Crippen LogP contribution in [0, 0.1) is 0 Å². The molecule has 0 aliphatic heterocycles. The predicted octanol–water partition coefficient (Wildman–Crippen LogP) is 2.31. The van der Waals surface area contributed by atoms with Gasteiger partial charge in [0.1, 0.15) is 0 Å². The smallest absolute Gasteiger partial charge is 0.251 e. The summed E-state index contributed by atoms with van der Waals surface area (Å²) in [5, 5.41) is 6.28. The molecule has 96 valence electrons. The maximum atomic E-state index is 11.7. The first-order chi connectivity index (χ1) is 8.63. The summed E-state index contributed by atoms with van der Waals surface area (Å²) in [6.45, 7) is 1.59. The lowest BCUT2D eigenvalue weighted by Crippen LogP contribution is -2.27. The Hall–Kier alpha value is -2.04. The third-order valence-electron chi connectivity index (χ3n) is 2.36. The van der Waals surface area contributed by atoms with Crippen LogP contribution in [-0.4, -0.2) is 38.0 Å². The second-order valence-corrected chi connectivity index (χ2v) is 4.15. The molecule has 0 aromatic heterocycles. The summed E-state index contributed by atoms with van der Waals surface area (Å²) in [7, 11) is 3.99. The second-order valence-electron chi connectivity index (χ2n) is 4.15. The fraction of sp³-hybridized carbons (Fsp3) is 0.417. The number of azide groups is 1. The molecule has 0 radical (unpaired) electrons. The van der Waals surface area contributed by atoms with Crippen molar-refractivity contribution < 1.29 is 4.79 Å². The zero-order valence-corrected chi connectivity index (χ0v) is 10.6. The van der Waals surface area contributed by atoms with Crippen molar-refractivity contribution in [2.45, 2.75) is 6.42 Å². The minimum atomic E-state index is -0.110. The molecule has 0 saturated heterocycles. The van der Waals surface area contributed by atoms with Crippen molar-refractivity contribution in [2.24, 2.45) is 5.11 Å². The van der Waals surface area contributed by atoms with E-state index in [0.29, 0.717) is 17.8 Å². The van der Waals surface area contributed by atoms with E-state index in [1.165, 1.54) is 0 Å². The van der Waals surface area contributed by atoms with E-state index >= 15 is 0 Å². The Labute approximate surface area is 106 Å². The van der Waals surface area contributed by atoms with Gasteiger partial charge in [-0.05, 0) is 44.7 Å². The summed E-state index contributed by atoms with van der Waals surface area (Å²) in [6, 6.07) is 6.53. The number of benzene rings is 1. The van der Waals surface area contributed by atoms with Gasteiger partial charge in [-0.3, -0.25) is 4.79 Å². The van der Waals surface area contributed by atoms with Crippen molar-refractivity contribution in [2.75, 3.05) is 27.2 Å². The topological polar surface area (TPSA) is 81.1 Å². The Morgan fingerprint density at radius 1 is 1.39 bits per heavy atom. The number of amides is 1. The van der Waals surface area contributed by atoms with Crippen LogP contribution in [0.25, 0.3) is 10.4 Å². The first kappa shape index (κ1) is 14.0. The molecule has 0 bridgehead atoms. The molecular weight excluding hydrogens is 230 g/mol.